The molecule has 1 aliphatic heterocycles. The van der Waals surface area contributed by atoms with Crippen molar-refractivity contribution in [1.82, 2.24) is 9.88 Å². The molecule has 2 rings (SSSR count). The maximum atomic E-state index is 12.8. The number of halogens is 3. The molecule has 0 aliphatic carbocycles. The normalized spacial score (nSPS) is 17.4. The molecule has 1 aliphatic rings. The van der Waals surface area contributed by atoms with E-state index in [0.717, 1.165) is 32.1 Å². The fourth-order valence-electron chi connectivity index (χ4n) is 3.05. The molecule has 0 aromatic carbocycles. The van der Waals surface area contributed by atoms with Crippen molar-refractivity contribution < 1.29 is 18.0 Å². The highest BCUT2D eigenvalue weighted by Crippen LogP contribution is 2.37. The zero-order valence-corrected chi connectivity index (χ0v) is 13.0. The van der Waals surface area contributed by atoms with E-state index >= 15 is 0 Å². The molecule has 0 atom stereocenters. The molecule has 7 heteroatoms. The monoisotopic (exact) mass is 320 g/mol. The first kappa shape index (κ1) is 16.4. The molecular formula is C14H19F3N2OS. The van der Waals surface area contributed by atoms with Crippen molar-refractivity contribution in [2.75, 3.05) is 13.1 Å². The van der Waals surface area contributed by atoms with Gasteiger partial charge in [0.15, 0.2) is 10.8 Å². The van der Waals surface area contributed by atoms with Gasteiger partial charge in [-0.2, -0.15) is 13.2 Å². The Bertz CT molecular complexity index is 503. The predicted octanol–water partition coefficient (Wildman–Crippen LogP) is 4.00. The van der Waals surface area contributed by atoms with Crippen LogP contribution in [0.5, 0.6) is 0 Å². The van der Waals surface area contributed by atoms with E-state index in [-0.39, 0.29) is 10.7 Å². The van der Waals surface area contributed by atoms with E-state index in [4.69, 9.17) is 0 Å². The number of thiazole rings is 1. The first-order valence-corrected chi connectivity index (χ1v) is 7.99. The molecule has 0 bridgehead atoms. The average molecular weight is 320 g/mol. The highest BCUT2D eigenvalue weighted by molar-refractivity contribution is 7.13. The summed E-state index contributed by atoms with van der Waals surface area (Å²) in [6, 6.07) is 0. The van der Waals surface area contributed by atoms with Gasteiger partial charge in [-0.3, -0.25) is 9.69 Å². The fraction of sp³-hybridized carbons (Fsp3) is 0.714. The third-order valence-electron chi connectivity index (χ3n) is 4.28. The summed E-state index contributed by atoms with van der Waals surface area (Å²) in [5.41, 5.74) is -0.689. The molecule has 118 valence electrons. The lowest BCUT2D eigenvalue weighted by Crippen LogP contribution is -2.52. The van der Waals surface area contributed by atoms with Gasteiger partial charge in [0, 0.05) is 6.20 Å². The van der Waals surface area contributed by atoms with E-state index in [1.807, 2.05) is 13.8 Å². The van der Waals surface area contributed by atoms with Gasteiger partial charge in [-0.1, -0.05) is 13.8 Å². The van der Waals surface area contributed by atoms with Crippen LogP contribution in [0, 0.1) is 0 Å². The largest absolute Gasteiger partial charge is 0.443 e. The van der Waals surface area contributed by atoms with Crippen LogP contribution >= 0.6 is 11.3 Å². The van der Waals surface area contributed by atoms with Crippen molar-refractivity contribution in [2.24, 2.45) is 0 Å². The minimum atomic E-state index is -4.49. The standard InChI is InChI=1S/C14H19F3N2OS/c1-3-13(4-2,19-7-5-6-8-19)11(20)10-9-18-12(21-10)14(15,16)17/h9H,3-8H2,1-2H3. The highest BCUT2D eigenvalue weighted by atomic mass is 32.1. The summed E-state index contributed by atoms with van der Waals surface area (Å²) < 4.78 is 38.0. The summed E-state index contributed by atoms with van der Waals surface area (Å²) in [6.07, 6.45) is -0.149. The number of nitrogens with zero attached hydrogens (tertiary/aromatic N) is 2. The quantitative estimate of drug-likeness (QED) is 0.769. The maximum Gasteiger partial charge on any atom is 0.443 e. The number of aromatic nitrogens is 1. The molecule has 1 aromatic heterocycles. The number of ketones is 1. The van der Waals surface area contributed by atoms with Gasteiger partial charge in [0.2, 0.25) is 0 Å². The van der Waals surface area contributed by atoms with Crippen LogP contribution in [-0.4, -0.2) is 34.3 Å². The van der Waals surface area contributed by atoms with Gasteiger partial charge in [0.05, 0.1) is 10.4 Å². The molecule has 0 spiro atoms. The molecule has 3 nitrogen and oxygen atoms in total. The van der Waals surface area contributed by atoms with Crippen molar-refractivity contribution in [1.29, 1.82) is 0 Å². The Balaban J connectivity index is 2.32. The fourth-order valence-corrected chi connectivity index (χ4v) is 3.86. The Morgan fingerprint density at radius 2 is 1.86 bits per heavy atom. The molecular weight excluding hydrogens is 301 g/mol. The number of carbonyl (C=O) groups excluding carboxylic acids is 1. The SMILES string of the molecule is CCC(CC)(C(=O)c1cnc(C(F)(F)F)s1)N1CCCC1. The van der Waals surface area contributed by atoms with Crippen LogP contribution < -0.4 is 0 Å². The molecule has 0 radical (unpaired) electrons. The van der Waals surface area contributed by atoms with E-state index in [2.05, 4.69) is 9.88 Å². The van der Waals surface area contributed by atoms with Crippen LogP contribution in [0.4, 0.5) is 13.2 Å². The van der Waals surface area contributed by atoms with Crippen LogP contribution in [0.2, 0.25) is 0 Å². The Hall–Kier alpha value is -0.950. The number of hydrogen-bond donors (Lipinski definition) is 0. The van der Waals surface area contributed by atoms with Crippen LogP contribution in [0.25, 0.3) is 0 Å². The summed E-state index contributed by atoms with van der Waals surface area (Å²) in [5.74, 6) is -0.220. The Labute approximate surface area is 126 Å². The summed E-state index contributed by atoms with van der Waals surface area (Å²) in [5, 5.41) is -0.951. The molecule has 0 unspecified atom stereocenters. The van der Waals surface area contributed by atoms with Crippen LogP contribution in [0.3, 0.4) is 0 Å². The number of rotatable bonds is 5. The molecule has 1 saturated heterocycles. The minimum Gasteiger partial charge on any atom is -0.291 e. The Morgan fingerprint density at radius 3 is 2.29 bits per heavy atom. The van der Waals surface area contributed by atoms with Crippen molar-refractivity contribution in [3.8, 4) is 0 Å². The number of hydrogen-bond acceptors (Lipinski definition) is 4. The summed E-state index contributed by atoms with van der Waals surface area (Å²) in [6.45, 7) is 5.51. The number of Topliss-reactive ketones (excluding diaryl/α,β-unsaturated/α-hetero) is 1. The van der Waals surface area contributed by atoms with Gasteiger partial charge in [-0.15, -0.1) is 11.3 Å². The number of likely N-dealkylation sites (tertiary alicyclic amines) is 1. The van der Waals surface area contributed by atoms with Crippen molar-refractivity contribution >= 4 is 17.1 Å². The van der Waals surface area contributed by atoms with Crippen LogP contribution in [0.15, 0.2) is 6.20 Å². The van der Waals surface area contributed by atoms with Crippen molar-refractivity contribution in [3.63, 3.8) is 0 Å². The minimum absolute atomic E-state index is 0.109. The number of carbonyl (C=O) groups is 1. The third kappa shape index (κ3) is 2.99. The second-order valence-electron chi connectivity index (χ2n) is 5.29. The van der Waals surface area contributed by atoms with Crippen molar-refractivity contribution in [2.45, 2.75) is 51.2 Å². The summed E-state index contributed by atoms with van der Waals surface area (Å²) in [7, 11) is 0. The molecule has 1 fully saturated rings. The maximum absolute atomic E-state index is 12.8. The molecule has 0 amide bonds. The van der Waals surface area contributed by atoms with E-state index in [1.54, 1.807) is 0 Å². The van der Waals surface area contributed by atoms with E-state index in [0.29, 0.717) is 24.2 Å². The van der Waals surface area contributed by atoms with Gasteiger partial charge < -0.3 is 0 Å². The first-order chi connectivity index (χ1) is 9.85. The first-order valence-electron chi connectivity index (χ1n) is 7.18. The second-order valence-corrected chi connectivity index (χ2v) is 6.32. The summed E-state index contributed by atoms with van der Waals surface area (Å²) >= 11 is 0.452. The van der Waals surface area contributed by atoms with E-state index in [1.165, 1.54) is 0 Å². The zero-order chi connectivity index (χ0) is 15.7. The Kier molecular flexibility index (Phi) is 4.72. The van der Waals surface area contributed by atoms with Gasteiger partial charge in [0.1, 0.15) is 0 Å². The molecule has 21 heavy (non-hydrogen) atoms. The molecule has 1 aromatic rings. The van der Waals surface area contributed by atoms with Gasteiger partial charge in [0.25, 0.3) is 0 Å². The molecule has 0 saturated carbocycles. The van der Waals surface area contributed by atoms with E-state index < -0.39 is 16.7 Å². The Morgan fingerprint density at radius 1 is 1.29 bits per heavy atom. The van der Waals surface area contributed by atoms with Gasteiger partial charge in [-0.25, -0.2) is 4.98 Å². The lowest BCUT2D eigenvalue weighted by Gasteiger charge is -2.39. The second kappa shape index (κ2) is 6.04. The smallest absolute Gasteiger partial charge is 0.291 e. The highest BCUT2D eigenvalue weighted by Gasteiger charge is 2.44. The van der Waals surface area contributed by atoms with Crippen LogP contribution in [0.1, 0.15) is 54.2 Å². The number of alkyl halides is 3. The molecule has 0 N–H and O–H groups in total. The topological polar surface area (TPSA) is 33.2 Å². The lowest BCUT2D eigenvalue weighted by atomic mass is 9.85. The van der Waals surface area contributed by atoms with Gasteiger partial charge >= 0.3 is 6.18 Å². The lowest BCUT2D eigenvalue weighted by molar-refractivity contribution is -0.137. The molecule has 2 heterocycles. The van der Waals surface area contributed by atoms with Crippen molar-refractivity contribution in [3.05, 3.63) is 16.1 Å². The van der Waals surface area contributed by atoms with Crippen LogP contribution in [-0.2, 0) is 6.18 Å². The zero-order valence-electron chi connectivity index (χ0n) is 12.2. The third-order valence-corrected chi connectivity index (χ3v) is 5.32. The average Bonchev–Trinajstić information content (AvgIpc) is 3.11. The van der Waals surface area contributed by atoms with E-state index in [9.17, 15) is 18.0 Å². The summed E-state index contributed by atoms with van der Waals surface area (Å²) in [4.78, 5) is 18.4. The van der Waals surface area contributed by atoms with Gasteiger partial charge in [-0.05, 0) is 38.8 Å². The predicted molar refractivity (Wildman–Crippen MR) is 75.6 cm³/mol.